The quantitative estimate of drug-likeness (QED) is 0.895. The Balaban J connectivity index is 2.34. The summed E-state index contributed by atoms with van der Waals surface area (Å²) in [6, 6.07) is 3.85. The average molecular weight is 253 g/mol. The van der Waals surface area contributed by atoms with Crippen LogP contribution >= 0.6 is 0 Å². The molecular formula is C14H20FNO2. The summed E-state index contributed by atoms with van der Waals surface area (Å²) in [5.74, 6) is 1.85. The fourth-order valence-corrected chi connectivity index (χ4v) is 2.52. The van der Waals surface area contributed by atoms with Crippen LogP contribution < -0.4 is 14.8 Å². The zero-order valence-electron chi connectivity index (χ0n) is 11.0. The molecule has 1 aliphatic heterocycles. The van der Waals surface area contributed by atoms with Gasteiger partial charge in [0.1, 0.15) is 11.5 Å². The normalized spacial score (nSPS) is 19.6. The van der Waals surface area contributed by atoms with E-state index < -0.39 is 6.86 Å². The molecule has 0 bridgehead atoms. The second kappa shape index (κ2) is 6.05. The summed E-state index contributed by atoms with van der Waals surface area (Å²) in [6.45, 7) is 3.11. The van der Waals surface area contributed by atoms with Crippen LogP contribution in [0.5, 0.6) is 11.5 Å². The fourth-order valence-electron chi connectivity index (χ4n) is 2.52. The van der Waals surface area contributed by atoms with Crippen molar-refractivity contribution in [2.75, 3.05) is 27.1 Å². The third-order valence-electron chi connectivity index (χ3n) is 3.47. The standard InChI is InChI=1S/C14H20FNO2/c1-10-6-14(18-9-15)12(7-13(10)17-2)11-4-3-5-16-8-11/h6-7,11,16H,3-5,8-9H2,1-2H3/t11-/m1/s1. The predicted molar refractivity (Wildman–Crippen MR) is 69.2 cm³/mol. The molecule has 0 saturated carbocycles. The Hall–Kier alpha value is -1.29. The van der Waals surface area contributed by atoms with E-state index in [0.717, 1.165) is 42.8 Å². The summed E-state index contributed by atoms with van der Waals surface area (Å²) < 4.78 is 22.9. The van der Waals surface area contributed by atoms with E-state index in [0.29, 0.717) is 11.7 Å². The van der Waals surface area contributed by atoms with E-state index in [-0.39, 0.29) is 0 Å². The molecule has 1 aromatic rings. The van der Waals surface area contributed by atoms with E-state index in [1.54, 1.807) is 7.11 Å². The van der Waals surface area contributed by atoms with Crippen molar-refractivity contribution in [2.45, 2.75) is 25.7 Å². The lowest BCUT2D eigenvalue weighted by atomic mass is 9.90. The van der Waals surface area contributed by atoms with Crippen LogP contribution in [0, 0.1) is 6.92 Å². The van der Waals surface area contributed by atoms with Crippen LogP contribution in [0.2, 0.25) is 0 Å². The topological polar surface area (TPSA) is 30.5 Å². The van der Waals surface area contributed by atoms with Crippen molar-refractivity contribution in [3.63, 3.8) is 0 Å². The number of aryl methyl sites for hydroxylation is 1. The van der Waals surface area contributed by atoms with Crippen molar-refractivity contribution in [1.82, 2.24) is 5.32 Å². The summed E-state index contributed by atoms with van der Waals surface area (Å²) in [5.41, 5.74) is 2.01. The summed E-state index contributed by atoms with van der Waals surface area (Å²) in [4.78, 5) is 0. The summed E-state index contributed by atoms with van der Waals surface area (Å²) in [5, 5.41) is 3.36. The number of hydrogen-bond donors (Lipinski definition) is 1. The number of benzene rings is 1. The molecule has 1 heterocycles. The minimum absolute atomic E-state index is 0.370. The molecule has 18 heavy (non-hydrogen) atoms. The molecule has 0 aromatic heterocycles. The van der Waals surface area contributed by atoms with Gasteiger partial charge in [-0.1, -0.05) is 0 Å². The molecule has 2 rings (SSSR count). The highest BCUT2D eigenvalue weighted by atomic mass is 19.1. The van der Waals surface area contributed by atoms with Crippen LogP contribution in [-0.2, 0) is 0 Å². The lowest BCUT2D eigenvalue weighted by Gasteiger charge is -2.25. The van der Waals surface area contributed by atoms with Crippen LogP contribution in [0.15, 0.2) is 12.1 Å². The van der Waals surface area contributed by atoms with Gasteiger partial charge in [-0.25, -0.2) is 4.39 Å². The number of hydrogen-bond acceptors (Lipinski definition) is 3. The predicted octanol–water partition coefficient (Wildman–Crippen LogP) is 2.78. The highest BCUT2D eigenvalue weighted by molar-refractivity contribution is 5.47. The molecule has 1 atom stereocenters. The molecule has 1 saturated heterocycles. The van der Waals surface area contributed by atoms with Gasteiger partial charge < -0.3 is 14.8 Å². The third-order valence-corrected chi connectivity index (χ3v) is 3.47. The molecule has 3 nitrogen and oxygen atoms in total. The lowest BCUT2D eigenvalue weighted by Crippen LogP contribution is -2.28. The fraction of sp³-hybridized carbons (Fsp3) is 0.571. The van der Waals surface area contributed by atoms with E-state index in [4.69, 9.17) is 9.47 Å². The number of alkyl halides is 1. The second-order valence-corrected chi connectivity index (χ2v) is 4.66. The number of nitrogens with one attached hydrogen (secondary N) is 1. The van der Waals surface area contributed by atoms with E-state index in [9.17, 15) is 4.39 Å². The van der Waals surface area contributed by atoms with Crippen LogP contribution in [0.25, 0.3) is 0 Å². The van der Waals surface area contributed by atoms with Gasteiger partial charge in [0, 0.05) is 18.0 Å². The molecule has 4 heteroatoms. The zero-order chi connectivity index (χ0) is 13.0. The summed E-state index contributed by atoms with van der Waals surface area (Å²) >= 11 is 0. The molecule has 0 radical (unpaired) electrons. The van der Waals surface area contributed by atoms with Gasteiger partial charge in [0.25, 0.3) is 0 Å². The molecule has 0 aliphatic carbocycles. The number of halogens is 1. The number of methoxy groups -OCH3 is 1. The smallest absolute Gasteiger partial charge is 0.228 e. The van der Waals surface area contributed by atoms with Crippen molar-refractivity contribution in [1.29, 1.82) is 0 Å². The number of rotatable bonds is 4. The molecule has 0 spiro atoms. The SMILES string of the molecule is COc1cc([C@@H]2CCCNC2)c(OCF)cc1C. The molecule has 1 aliphatic rings. The van der Waals surface area contributed by atoms with E-state index >= 15 is 0 Å². The summed E-state index contributed by atoms with van der Waals surface area (Å²) in [6.07, 6.45) is 2.23. The first-order valence-electron chi connectivity index (χ1n) is 6.34. The van der Waals surface area contributed by atoms with Gasteiger partial charge in [-0.2, -0.15) is 0 Å². The highest BCUT2D eigenvalue weighted by Crippen LogP contribution is 2.36. The van der Waals surface area contributed by atoms with Gasteiger partial charge in [0.05, 0.1) is 7.11 Å². The molecule has 1 fully saturated rings. The van der Waals surface area contributed by atoms with Crippen molar-refractivity contribution < 1.29 is 13.9 Å². The van der Waals surface area contributed by atoms with Crippen molar-refractivity contribution >= 4 is 0 Å². The van der Waals surface area contributed by atoms with Gasteiger partial charge in [-0.3, -0.25) is 0 Å². The molecular weight excluding hydrogens is 233 g/mol. The average Bonchev–Trinajstić information content (AvgIpc) is 2.40. The highest BCUT2D eigenvalue weighted by Gasteiger charge is 2.21. The van der Waals surface area contributed by atoms with Gasteiger partial charge in [0.2, 0.25) is 6.86 Å². The maximum Gasteiger partial charge on any atom is 0.228 e. The molecule has 1 aromatic carbocycles. The molecule has 0 unspecified atom stereocenters. The molecule has 100 valence electrons. The van der Waals surface area contributed by atoms with Gasteiger partial charge in [-0.05, 0) is 44.0 Å². The van der Waals surface area contributed by atoms with E-state index in [2.05, 4.69) is 5.32 Å². The van der Waals surface area contributed by atoms with Crippen LogP contribution in [0.1, 0.15) is 29.9 Å². The summed E-state index contributed by atoms with van der Waals surface area (Å²) in [7, 11) is 1.65. The first-order chi connectivity index (χ1) is 8.76. The third kappa shape index (κ3) is 2.75. The maximum atomic E-state index is 12.5. The van der Waals surface area contributed by atoms with E-state index in [1.807, 2.05) is 19.1 Å². The van der Waals surface area contributed by atoms with Gasteiger partial charge in [-0.15, -0.1) is 0 Å². The minimum Gasteiger partial charge on any atom is -0.496 e. The lowest BCUT2D eigenvalue weighted by molar-refractivity contribution is 0.188. The molecule has 0 amide bonds. The van der Waals surface area contributed by atoms with Crippen LogP contribution in [0.4, 0.5) is 4.39 Å². The Morgan fingerprint density at radius 3 is 2.83 bits per heavy atom. The first-order valence-corrected chi connectivity index (χ1v) is 6.34. The monoisotopic (exact) mass is 253 g/mol. The van der Waals surface area contributed by atoms with Gasteiger partial charge >= 0.3 is 0 Å². The first kappa shape index (κ1) is 13.1. The van der Waals surface area contributed by atoms with Gasteiger partial charge in [0.15, 0.2) is 0 Å². The Morgan fingerprint density at radius 1 is 1.39 bits per heavy atom. The number of ether oxygens (including phenoxy) is 2. The van der Waals surface area contributed by atoms with Crippen molar-refractivity contribution in [3.8, 4) is 11.5 Å². The Kier molecular flexibility index (Phi) is 4.42. The zero-order valence-corrected chi connectivity index (χ0v) is 11.0. The largest absolute Gasteiger partial charge is 0.496 e. The van der Waals surface area contributed by atoms with Crippen LogP contribution in [-0.4, -0.2) is 27.1 Å². The van der Waals surface area contributed by atoms with Crippen LogP contribution in [0.3, 0.4) is 0 Å². The number of piperidine rings is 1. The van der Waals surface area contributed by atoms with Crippen molar-refractivity contribution in [3.05, 3.63) is 23.3 Å². The van der Waals surface area contributed by atoms with E-state index in [1.165, 1.54) is 0 Å². The Labute approximate surface area is 107 Å². The van der Waals surface area contributed by atoms with Crippen molar-refractivity contribution in [2.24, 2.45) is 0 Å². The Bertz CT molecular complexity index is 403. The maximum absolute atomic E-state index is 12.5. The second-order valence-electron chi connectivity index (χ2n) is 4.66. The minimum atomic E-state index is -0.793. The molecule has 1 N–H and O–H groups in total. The Morgan fingerprint density at radius 2 is 2.22 bits per heavy atom.